The second kappa shape index (κ2) is 11.2. The van der Waals surface area contributed by atoms with Gasteiger partial charge in [-0.15, -0.1) is 0 Å². The minimum atomic E-state index is -3.55. The lowest BCUT2D eigenvalue weighted by Crippen LogP contribution is -2.30. The molecule has 0 radical (unpaired) electrons. The maximum absolute atomic E-state index is 11.3. The van der Waals surface area contributed by atoms with E-state index in [1.807, 2.05) is 49.5 Å². The molecule has 0 aliphatic carbocycles. The molecule has 0 aliphatic rings. The summed E-state index contributed by atoms with van der Waals surface area (Å²) in [7, 11) is -3.55. The molecule has 0 fully saturated rings. The van der Waals surface area contributed by atoms with Gasteiger partial charge < -0.3 is 28.7 Å². The lowest BCUT2D eigenvalue weighted by molar-refractivity contribution is -0.307. The van der Waals surface area contributed by atoms with Crippen molar-refractivity contribution in [2.75, 3.05) is 24.7 Å². The van der Waals surface area contributed by atoms with Crippen LogP contribution in [0, 0.1) is 0 Å². The van der Waals surface area contributed by atoms with E-state index < -0.39 is 16.1 Å². The molecule has 2 aromatic carbocycles. The van der Waals surface area contributed by atoms with E-state index in [1.165, 1.54) is 0 Å². The Morgan fingerprint density at radius 1 is 1.15 bits per heavy atom. The zero-order chi connectivity index (χ0) is 23.8. The highest BCUT2D eigenvalue weighted by atomic mass is 32.2. The summed E-state index contributed by atoms with van der Waals surface area (Å²) in [6, 6.07) is 15.1. The van der Waals surface area contributed by atoms with Crippen molar-refractivity contribution in [3.63, 3.8) is 0 Å². The number of carbonyl (C=O) groups excluding carboxylic acids is 1. The molecule has 0 amide bonds. The predicted molar refractivity (Wildman–Crippen MR) is 126 cm³/mol. The number of carbonyl (C=O) groups is 1. The van der Waals surface area contributed by atoms with Crippen molar-refractivity contribution in [2.45, 2.75) is 38.8 Å². The highest BCUT2D eigenvalue weighted by molar-refractivity contribution is 7.86. The van der Waals surface area contributed by atoms with E-state index in [1.54, 1.807) is 12.1 Å². The van der Waals surface area contributed by atoms with Crippen LogP contribution >= 0.6 is 0 Å². The topological polar surface area (TPSA) is 110 Å². The fraction of sp³-hybridized carbons (Fsp3) is 0.375. The molecule has 0 saturated heterocycles. The summed E-state index contributed by atoms with van der Waals surface area (Å²) in [6.45, 7) is 3.89. The van der Waals surface area contributed by atoms with Crippen LogP contribution in [-0.4, -0.2) is 44.5 Å². The molecule has 9 heteroatoms. The third kappa shape index (κ3) is 7.80. The first-order valence-electron chi connectivity index (χ1n) is 10.9. The number of benzene rings is 2. The second-order valence-corrected chi connectivity index (χ2v) is 9.43. The Labute approximate surface area is 194 Å². The maximum Gasteiger partial charge on any atom is 0.306 e. The Morgan fingerprint density at radius 3 is 2.58 bits per heavy atom. The average molecular weight is 474 g/mol. The molecule has 1 aromatic heterocycles. The minimum Gasteiger partial charge on any atom is -0.550 e. The van der Waals surface area contributed by atoms with Gasteiger partial charge in [0, 0.05) is 54.9 Å². The summed E-state index contributed by atoms with van der Waals surface area (Å²) in [5.41, 5.74) is 3.02. The van der Waals surface area contributed by atoms with Crippen LogP contribution in [0.1, 0.15) is 25.3 Å². The summed E-state index contributed by atoms with van der Waals surface area (Å²) in [6.07, 6.45) is 3.92. The summed E-state index contributed by atoms with van der Waals surface area (Å²) in [5.74, 6) is -0.801. The van der Waals surface area contributed by atoms with Crippen LogP contribution in [0.25, 0.3) is 10.9 Å². The van der Waals surface area contributed by atoms with E-state index in [0.29, 0.717) is 18.8 Å². The Morgan fingerprint density at radius 2 is 1.91 bits per heavy atom. The van der Waals surface area contributed by atoms with E-state index in [2.05, 4.69) is 9.88 Å². The molecule has 1 unspecified atom stereocenters. The molecule has 1 N–H and O–H groups in total. The molecule has 178 valence electrons. The Balaban J connectivity index is 1.48. The van der Waals surface area contributed by atoms with Crippen molar-refractivity contribution < 1.29 is 27.2 Å². The molecule has 3 aromatic rings. The van der Waals surface area contributed by atoms with Crippen molar-refractivity contribution in [1.29, 1.82) is 0 Å². The molecule has 0 aliphatic heterocycles. The van der Waals surface area contributed by atoms with Crippen molar-refractivity contribution in [3.05, 3.63) is 60.3 Å². The molecular weight excluding hydrogens is 444 g/mol. The number of anilines is 1. The summed E-state index contributed by atoms with van der Waals surface area (Å²) in [4.78, 5) is 10.9. The molecule has 0 saturated carbocycles. The van der Waals surface area contributed by atoms with Gasteiger partial charge in [-0.25, -0.2) is 0 Å². The monoisotopic (exact) mass is 473 g/mol. The normalized spacial score (nSPS) is 12.5. The SMILES string of the molecule is CCOC(CC(=O)[O-])Cc1ccc(NCCCn2ccc3cc(OS(C)(=O)=O)ccc32)cc1. The molecule has 33 heavy (non-hydrogen) atoms. The van der Waals surface area contributed by atoms with Crippen LogP contribution in [-0.2, 0) is 32.6 Å². The largest absolute Gasteiger partial charge is 0.550 e. The summed E-state index contributed by atoms with van der Waals surface area (Å²) < 4.78 is 35.2. The minimum absolute atomic E-state index is 0.117. The van der Waals surface area contributed by atoms with Gasteiger partial charge in [0.1, 0.15) is 5.75 Å². The lowest BCUT2D eigenvalue weighted by Gasteiger charge is -2.18. The number of fused-ring (bicyclic) bond motifs is 1. The van der Waals surface area contributed by atoms with Crippen LogP contribution in [0.15, 0.2) is 54.7 Å². The maximum atomic E-state index is 11.3. The first-order chi connectivity index (χ1) is 15.7. The standard InChI is InChI=1S/C24H30N2O6S/c1-3-31-22(17-24(27)28)15-18-5-7-20(8-6-18)25-12-4-13-26-14-11-19-16-21(9-10-23(19)26)32-33(2,29)30/h5-11,14,16,22,25H,3-4,12-13,15,17H2,1-2H3,(H,27,28)/p-1. The van der Waals surface area contributed by atoms with Gasteiger partial charge in [-0.05, 0) is 61.7 Å². The third-order valence-electron chi connectivity index (χ3n) is 5.11. The summed E-state index contributed by atoms with van der Waals surface area (Å²) in [5, 5.41) is 15.2. The molecule has 3 rings (SSSR count). The van der Waals surface area contributed by atoms with E-state index in [-0.39, 0.29) is 12.5 Å². The highest BCUT2D eigenvalue weighted by Gasteiger charge is 2.10. The molecule has 0 bridgehead atoms. The number of aliphatic carboxylic acids is 1. The van der Waals surface area contributed by atoms with Crippen LogP contribution in [0.3, 0.4) is 0 Å². The molecule has 1 atom stereocenters. The van der Waals surface area contributed by atoms with Gasteiger partial charge >= 0.3 is 10.1 Å². The van der Waals surface area contributed by atoms with Gasteiger partial charge in [0.25, 0.3) is 0 Å². The number of rotatable bonds is 13. The zero-order valence-corrected chi connectivity index (χ0v) is 19.6. The van der Waals surface area contributed by atoms with Gasteiger partial charge in [0.2, 0.25) is 0 Å². The number of hydrogen-bond donors (Lipinski definition) is 1. The van der Waals surface area contributed by atoms with Crippen LogP contribution in [0.5, 0.6) is 5.75 Å². The van der Waals surface area contributed by atoms with Crippen LogP contribution in [0.2, 0.25) is 0 Å². The van der Waals surface area contributed by atoms with E-state index in [4.69, 9.17) is 8.92 Å². The van der Waals surface area contributed by atoms with Crippen molar-refractivity contribution in [2.24, 2.45) is 0 Å². The average Bonchev–Trinajstić information content (AvgIpc) is 3.13. The number of nitrogens with zero attached hydrogens (tertiary/aromatic N) is 1. The van der Waals surface area contributed by atoms with Gasteiger partial charge in [-0.1, -0.05) is 12.1 Å². The number of carboxylic acids is 1. The smallest absolute Gasteiger partial charge is 0.306 e. The third-order valence-corrected chi connectivity index (χ3v) is 5.60. The zero-order valence-electron chi connectivity index (χ0n) is 18.8. The number of aryl methyl sites for hydroxylation is 1. The first kappa shape index (κ1) is 24.6. The first-order valence-corrected chi connectivity index (χ1v) is 12.7. The van der Waals surface area contributed by atoms with Crippen LogP contribution < -0.4 is 14.6 Å². The quantitative estimate of drug-likeness (QED) is 0.300. The highest BCUT2D eigenvalue weighted by Crippen LogP contribution is 2.23. The number of aromatic nitrogens is 1. The van der Waals surface area contributed by atoms with Gasteiger partial charge in [-0.3, -0.25) is 0 Å². The number of carboxylic acid groups (broad SMARTS) is 1. The van der Waals surface area contributed by atoms with E-state index in [9.17, 15) is 18.3 Å². The van der Waals surface area contributed by atoms with Crippen molar-refractivity contribution in [3.8, 4) is 5.75 Å². The number of ether oxygens (including phenoxy) is 1. The molecular formula is C24H29N2O6S-. The van der Waals surface area contributed by atoms with E-state index in [0.717, 1.165) is 47.9 Å². The fourth-order valence-electron chi connectivity index (χ4n) is 3.72. The van der Waals surface area contributed by atoms with Gasteiger partial charge in [0.15, 0.2) is 0 Å². The Hall–Kier alpha value is -3.04. The van der Waals surface area contributed by atoms with Crippen molar-refractivity contribution >= 4 is 32.7 Å². The number of nitrogens with one attached hydrogen (secondary N) is 1. The van der Waals surface area contributed by atoms with Crippen molar-refractivity contribution in [1.82, 2.24) is 4.57 Å². The predicted octanol–water partition coefficient (Wildman–Crippen LogP) is 2.57. The number of hydrogen-bond acceptors (Lipinski definition) is 7. The molecule has 1 heterocycles. The molecule has 8 nitrogen and oxygen atoms in total. The van der Waals surface area contributed by atoms with Gasteiger partial charge in [0.05, 0.1) is 12.4 Å². The second-order valence-electron chi connectivity index (χ2n) is 7.85. The van der Waals surface area contributed by atoms with Crippen LogP contribution in [0.4, 0.5) is 5.69 Å². The van der Waals surface area contributed by atoms with E-state index >= 15 is 0 Å². The lowest BCUT2D eigenvalue weighted by atomic mass is 10.1. The Kier molecular flexibility index (Phi) is 8.35. The Bertz CT molecular complexity index is 1170. The summed E-state index contributed by atoms with van der Waals surface area (Å²) >= 11 is 0. The molecule has 0 spiro atoms. The fourth-order valence-corrected chi connectivity index (χ4v) is 4.17. The van der Waals surface area contributed by atoms with Gasteiger partial charge in [-0.2, -0.15) is 8.42 Å².